The van der Waals surface area contributed by atoms with E-state index in [1.165, 1.54) is 0 Å². The molecule has 0 bridgehead atoms. The van der Waals surface area contributed by atoms with E-state index in [1.54, 1.807) is 26.7 Å². The molecule has 5 heteroatoms. The lowest BCUT2D eigenvalue weighted by atomic mass is 9.99. The van der Waals surface area contributed by atoms with Gasteiger partial charge in [0.2, 0.25) is 0 Å². The number of ether oxygens (including phenoxy) is 2. The highest BCUT2D eigenvalue weighted by Gasteiger charge is 2.22. The second-order valence-corrected chi connectivity index (χ2v) is 5.03. The number of hydrogen-bond acceptors (Lipinski definition) is 4. The second kappa shape index (κ2) is 7.38. The minimum atomic E-state index is -0.0398. The minimum Gasteiger partial charge on any atom is -0.495 e. The largest absolute Gasteiger partial charge is 0.495 e. The van der Waals surface area contributed by atoms with Gasteiger partial charge in [0.25, 0.3) is 0 Å². The van der Waals surface area contributed by atoms with Gasteiger partial charge >= 0.3 is 0 Å². The summed E-state index contributed by atoms with van der Waals surface area (Å²) in [6.45, 7) is 3.00. The molecule has 0 amide bonds. The van der Waals surface area contributed by atoms with Gasteiger partial charge < -0.3 is 19.2 Å². The highest BCUT2D eigenvalue weighted by Crippen LogP contribution is 2.41. The van der Waals surface area contributed by atoms with Crippen molar-refractivity contribution in [1.29, 1.82) is 0 Å². The van der Waals surface area contributed by atoms with Crippen molar-refractivity contribution in [3.05, 3.63) is 46.9 Å². The van der Waals surface area contributed by atoms with E-state index in [4.69, 9.17) is 25.5 Å². The zero-order valence-corrected chi connectivity index (χ0v) is 13.2. The van der Waals surface area contributed by atoms with Crippen molar-refractivity contribution in [3.8, 4) is 11.5 Å². The quantitative estimate of drug-likeness (QED) is 0.838. The van der Waals surface area contributed by atoms with Crippen LogP contribution < -0.4 is 14.8 Å². The molecule has 1 unspecified atom stereocenters. The number of halogens is 1. The van der Waals surface area contributed by atoms with Crippen molar-refractivity contribution in [3.63, 3.8) is 0 Å². The maximum Gasteiger partial charge on any atom is 0.146 e. The van der Waals surface area contributed by atoms with Gasteiger partial charge in [-0.3, -0.25) is 0 Å². The van der Waals surface area contributed by atoms with Crippen LogP contribution in [0, 0.1) is 0 Å². The van der Waals surface area contributed by atoms with Crippen LogP contribution in [0.25, 0.3) is 0 Å². The first kappa shape index (κ1) is 15.7. The summed E-state index contributed by atoms with van der Waals surface area (Å²) in [5, 5.41) is 3.96. The molecule has 2 rings (SSSR count). The highest BCUT2D eigenvalue weighted by atomic mass is 35.5. The van der Waals surface area contributed by atoms with Crippen LogP contribution in [0.1, 0.15) is 30.5 Å². The zero-order chi connectivity index (χ0) is 15.2. The fourth-order valence-electron chi connectivity index (χ4n) is 2.28. The predicted molar refractivity (Wildman–Crippen MR) is 83.4 cm³/mol. The van der Waals surface area contributed by atoms with E-state index in [9.17, 15) is 0 Å². The van der Waals surface area contributed by atoms with Gasteiger partial charge in [0.05, 0.1) is 32.8 Å². The van der Waals surface area contributed by atoms with Crippen molar-refractivity contribution >= 4 is 11.6 Å². The summed E-state index contributed by atoms with van der Waals surface area (Å²) in [4.78, 5) is 0. The van der Waals surface area contributed by atoms with Crippen molar-refractivity contribution in [1.82, 2.24) is 5.32 Å². The Hall–Kier alpha value is -1.65. The predicted octanol–water partition coefficient (Wildman–Crippen LogP) is 4.04. The average molecular weight is 310 g/mol. The first-order valence-corrected chi connectivity index (χ1v) is 7.26. The van der Waals surface area contributed by atoms with Gasteiger partial charge in [0.15, 0.2) is 0 Å². The Labute approximate surface area is 130 Å². The van der Waals surface area contributed by atoms with E-state index in [0.29, 0.717) is 16.5 Å². The Bertz CT molecular complexity index is 569. The fourth-order valence-corrected chi connectivity index (χ4v) is 2.61. The molecule has 21 heavy (non-hydrogen) atoms. The van der Waals surface area contributed by atoms with E-state index in [-0.39, 0.29) is 6.04 Å². The van der Waals surface area contributed by atoms with E-state index >= 15 is 0 Å². The first-order chi connectivity index (χ1) is 10.2. The van der Waals surface area contributed by atoms with Crippen LogP contribution in [0.5, 0.6) is 11.5 Å². The number of benzene rings is 1. The van der Waals surface area contributed by atoms with Crippen LogP contribution in [-0.4, -0.2) is 20.8 Å². The van der Waals surface area contributed by atoms with Gasteiger partial charge in [-0.25, -0.2) is 0 Å². The van der Waals surface area contributed by atoms with Gasteiger partial charge in [-0.2, -0.15) is 0 Å². The summed E-state index contributed by atoms with van der Waals surface area (Å²) >= 11 is 6.35. The van der Waals surface area contributed by atoms with E-state index < -0.39 is 0 Å². The smallest absolute Gasteiger partial charge is 0.146 e. The third-order valence-electron chi connectivity index (χ3n) is 3.30. The van der Waals surface area contributed by atoms with Crippen LogP contribution in [0.4, 0.5) is 0 Å². The van der Waals surface area contributed by atoms with Crippen molar-refractivity contribution in [2.75, 3.05) is 20.8 Å². The molecular weight excluding hydrogens is 290 g/mol. The number of rotatable bonds is 7. The van der Waals surface area contributed by atoms with Gasteiger partial charge in [-0.1, -0.05) is 18.5 Å². The Kier molecular flexibility index (Phi) is 5.53. The molecule has 1 N–H and O–H groups in total. The lowest BCUT2D eigenvalue weighted by molar-refractivity contribution is 0.387. The summed E-state index contributed by atoms with van der Waals surface area (Å²) in [5.74, 6) is 1.21. The van der Waals surface area contributed by atoms with Crippen LogP contribution >= 0.6 is 11.6 Å². The van der Waals surface area contributed by atoms with E-state index in [1.807, 2.05) is 18.2 Å². The first-order valence-electron chi connectivity index (χ1n) is 6.88. The van der Waals surface area contributed by atoms with Gasteiger partial charge in [0, 0.05) is 11.1 Å². The summed E-state index contributed by atoms with van der Waals surface area (Å²) < 4.78 is 15.9. The minimum absolute atomic E-state index is 0.0398. The second-order valence-electron chi connectivity index (χ2n) is 4.65. The summed E-state index contributed by atoms with van der Waals surface area (Å²) in [6, 6.07) is 5.71. The van der Waals surface area contributed by atoms with Crippen LogP contribution in [0.3, 0.4) is 0 Å². The molecule has 0 aliphatic rings. The molecule has 0 aliphatic heterocycles. The molecule has 0 saturated heterocycles. The van der Waals surface area contributed by atoms with Crippen molar-refractivity contribution < 1.29 is 13.9 Å². The number of nitrogens with one attached hydrogen (secondary N) is 1. The van der Waals surface area contributed by atoms with Crippen LogP contribution in [-0.2, 0) is 0 Å². The van der Waals surface area contributed by atoms with E-state index in [0.717, 1.165) is 24.1 Å². The third-order valence-corrected chi connectivity index (χ3v) is 3.66. The maximum absolute atomic E-state index is 6.35. The molecule has 0 saturated carbocycles. The number of furan rings is 1. The lowest BCUT2D eigenvalue weighted by Gasteiger charge is -2.21. The molecule has 1 heterocycles. The molecule has 0 spiro atoms. The average Bonchev–Trinajstić information content (AvgIpc) is 3.02. The summed E-state index contributed by atoms with van der Waals surface area (Å²) in [5.41, 5.74) is 1.99. The zero-order valence-electron chi connectivity index (χ0n) is 12.5. The third kappa shape index (κ3) is 3.34. The molecule has 1 aromatic carbocycles. The molecule has 1 aromatic heterocycles. The maximum atomic E-state index is 6.35. The van der Waals surface area contributed by atoms with Crippen LogP contribution in [0.2, 0.25) is 5.02 Å². The normalized spacial score (nSPS) is 12.2. The number of hydrogen-bond donors (Lipinski definition) is 1. The summed E-state index contributed by atoms with van der Waals surface area (Å²) in [6.07, 6.45) is 4.42. The highest BCUT2D eigenvalue weighted by molar-refractivity contribution is 6.33. The summed E-state index contributed by atoms with van der Waals surface area (Å²) in [7, 11) is 3.19. The molecule has 0 fully saturated rings. The Morgan fingerprint density at radius 2 is 2.05 bits per heavy atom. The molecular formula is C16H20ClNO3. The SMILES string of the molecule is CCCNC(c1ccoc1)c1ccc(OC)c(Cl)c1OC. The standard InChI is InChI=1S/C16H20ClNO3/c1-4-8-18-15(11-7-9-21-10-11)12-5-6-13(19-2)14(17)16(12)20-3/h5-7,9-10,15,18H,4,8H2,1-3H3. The molecule has 0 radical (unpaired) electrons. The molecule has 2 aromatic rings. The topological polar surface area (TPSA) is 43.6 Å². The molecule has 0 aliphatic carbocycles. The van der Waals surface area contributed by atoms with Crippen molar-refractivity contribution in [2.24, 2.45) is 0 Å². The number of methoxy groups -OCH3 is 2. The van der Waals surface area contributed by atoms with Crippen LogP contribution in [0.15, 0.2) is 35.1 Å². The Balaban J connectivity index is 2.46. The fraction of sp³-hybridized carbons (Fsp3) is 0.375. The molecule has 114 valence electrons. The monoisotopic (exact) mass is 309 g/mol. The van der Waals surface area contributed by atoms with Gasteiger partial charge in [-0.15, -0.1) is 0 Å². The lowest BCUT2D eigenvalue weighted by Crippen LogP contribution is -2.23. The van der Waals surface area contributed by atoms with Crippen molar-refractivity contribution in [2.45, 2.75) is 19.4 Å². The molecule has 1 atom stereocenters. The van der Waals surface area contributed by atoms with Gasteiger partial charge in [-0.05, 0) is 31.2 Å². The Morgan fingerprint density at radius 1 is 1.24 bits per heavy atom. The molecule has 4 nitrogen and oxygen atoms in total. The van der Waals surface area contributed by atoms with E-state index in [2.05, 4.69) is 12.2 Å². The Morgan fingerprint density at radius 3 is 2.62 bits per heavy atom. The van der Waals surface area contributed by atoms with Gasteiger partial charge in [0.1, 0.15) is 16.5 Å².